The van der Waals surface area contributed by atoms with Gasteiger partial charge in [-0.05, 0) is 41.9 Å². The Kier molecular flexibility index (Phi) is 2.79. The van der Waals surface area contributed by atoms with Crippen LogP contribution in [0.4, 0.5) is 0 Å². The molecule has 0 radical (unpaired) electrons. The monoisotopic (exact) mass is 228 g/mol. The van der Waals surface area contributed by atoms with E-state index in [1.807, 2.05) is 7.11 Å². The van der Waals surface area contributed by atoms with Crippen molar-refractivity contribution in [2.45, 2.75) is 38.7 Å². The highest BCUT2D eigenvalue weighted by Gasteiger charge is 2.37. The first-order valence-corrected chi connectivity index (χ1v) is 6.69. The lowest BCUT2D eigenvalue weighted by atomic mass is 9.65. The molecule has 0 aliphatic heterocycles. The molecule has 0 fully saturated rings. The normalized spacial score (nSPS) is 26.2. The largest absolute Gasteiger partial charge is 0.377 e. The van der Waals surface area contributed by atoms with Gasteiger partial charge in [0, 0.05) is 7.11 Å². The van der Waals surface area contributed by atoms with Gasteiger partial charge in [0.05, 0.1) is 6.10 Å². The highest BCUT2D eigenvalue weighted by atomic mass is 16.5. The number of methoxy groups -OCH3 is 1. The molecule has 3 rings (SSSR count). The average Bonchev–Trinajstić information content (AvgIpc) is 2.34. The van der Waals surface area contributed by atoms with Crippen molar-refractivity contribution in [3.63, 3.8) is 0 Å². The van der Waals surface area contributed by atoms with E-state index in [-0.39, 0.29) is 0 Å². The zero-order chi connectivity index (χ0) is 11.8. The van der Waals surface area contributed by atoms with Crippen molar-refractivity contribution < 1.29 is 4.74 Å². The molecular formula is C16H20O. The molecule has 1 heteroatoms. The van der Waals surface area contributed by atoms with Gasteiger partial charge in [-0.25, -0.2) is 0 Å². The van der Waals surface area contributed by atoms with Crippen LogP contribution in [0.25, 0.3) is 5.57 Å². The number of hydrogen-bond donors (Lipinski definition) is 0. The smallest absolute Gasteiger partial charge is 0.0833 e. The van der Waals surface area contributed by atoms with Gasteiger partial charge in [-0.15, -0.1) is 0 Å². The Morgan fingerprint density at radius 3 is 2.88 bits per heavy atom. The predicted molar refractivity (Wildman–Crippen MR) is 70.7 cm³/mol. The standard InChI is InChI=1S/C16H20O/c1-3-6-11-9-12-10-15(17-2)13-7-4-5-8-14(13)16(11)12/h4-5,7-8,12,15H,3,6,9-10H2,1-2H3. The van der Waals surface area contributed by atoms with Crippen molar-refractivity contribution in [3.8, 4) is 0 Å². The lowest BCUT2D eigenvalue weighted by Gasteiger charge is -2.42. The van der Waals surface area contributed by atoms with E-state index in [1.165, 1.54) is 36.8 Å². The topological polar surface area (TPSA) is 9.23 Å². The number of ether oxygens (including phenoxy) is 1. The summed E-state index contributed by atoms with van der Waals surface area (Å²) in [6.07, 6.45) is 5.33. The summed E-state index contributed by atoms with van der Waals surface area (Å²) < 4.78 is 5.64. The highest BCUT2D eigenvalue weighted by molar-refractivity contribution is 5.79. The minimum absolute atomic E-state index is 0.308. The SMILES string of the molecule is CCCC1=C2c3ccccc3C(OC)CC2C1. The fraction of sp³-hybridized carbons (Fsp3) is 0.500. The Morgan fingerprint density at radius 2 is 2.12 bits per heavy atom. The molecular weight excluding hydrogens is 208 g/mol. The van der Waals surface area contributed by atoms with Crippen LogP contribution < -0.4 is 0 Å². The van der Waals surface area contributed by atoms with Gasteiger partial charge in [0.25, 0.3) is 0 Å². The number of hydrogen-bond acceptors (Lipinski definition) is 1. The van der Waals surface area contributed by atoms with Crippen molar-refractivity contribution in [1.29, 1.82) is 0 Å². The van der Waals surface area contributed by atoms with Crippen molar-refractivity contribution in [2.75, 3.05) is 7.11 Å². The number of rotatable bonds is 3. The number of benzene rings is 1. The van der Waals surface area contributed by atoms with Crippen LogP contribution in [-0.4, -0.2) is 7.11 Å². The maximum Gasteiger partial charge on any atom is 0.0833 e. The Morgan fingerprint density at radius 1 is 1.29 bits per heavy atom. The molecule has 2 unspecified atom stereocenters. The van der Waals surface area contributed by atoms with E-state index in [2.05, 4.69) is 31.2 Å². The maximum atomic E-state index is 5.64. The molecule has 1 aromatic rings. The van der Waals surface area contributed by atoms with Crippen LogP contribution >= 0.6 is 0 Å². The van der Waals surface area contributed by atoms with E-state index < -0.39 is 0 Å². The molecule has 0 aromatic heterocycles. The second kappa shape index (κ2) is 4.30. The molecule has 2 aliphatic rings. The quantitative estimate of drug-likeness (QED) is 0.747. The fourth-order valence-corrected chi connectivity index (χ4v) is 3.45. The van der Waals surface area contributed by atoms with Crippen LogP contribution in [0.2, 0.25) is 0 Å². The summed E-state index contributed by atoms with van der Waals surface area (Å²) in [6, 6.07) is 8.79. The van der Waals surface area contributed by atoms with Crippen molar-refractivity contribution in [1.82, 2.24) is 0 Å². The molecule has 0 heterocycles. The van der Waals surface area contributed by atoms with Crippen LogP contribution in [0.1, 0.15) is 49.8 Å². The van der Waals surface area contributed by atoms with Crippen LogP contribution in [0, 0.1) is 5.92 Å². The lowest BCUT2D eigenvalue weighted by molar-refractivity contribution is 0.0803. The molecule has 0 N–H and O–H groups in total. The van der Waals surface area contributed by atoms with Gasteiger partial charge in [0.15, 0.2) is 0 Å². The van der Waals surface area contributed by atoms with E-state index in [0.717, 1.165) is 5.92 Å². The third kappa shape index (κ3) is 1.64. The second-order valence-corrected chi connectivity index (χ2v) is 5.22. The molecule has 0 bridgehead atoms. The van der Waals surface area contributed by atoms with E-state index in [9.17, 15) is 0 Å². The second-order valence-electron chi connectivity index (χ2n) is 5.22. The van der Waals surface area contributed by atoms with Gasteiger partial charge in [0.1, 0.15) is 0 Å². The Bertz CT molecular complexity index is 458. The summed E-state index contributed by atoms with van der Waals surface area (Å²) >= 11 is 0. The Labute approximate surface area is 103 Å². The van der Waals surface area contributed by atoms with E-state index in [4.69, 9.17) is 4.74 Å². The molecule has 17 heavy (non-hydrogen) atoms. The zero-order valence-electron chi connectivity index (χ0n) is 10.7. The number of fused-ring (bicyclic) bond motifs is 3. The van der Waals surface area contributed by atoms with E-state index >= 15 is 0 Å². The van der Waals surface area contributed by atoms with Crippen molar-refractivity contribution >= 4 is 5.57 Å². The Hall–Kier alpha value is -1.08. The molecule has 2 aliphatic carbocycles. The molecule has 0 saturated heterocycles. The summed E-state index contributed by atoms with van der Waals surface area (Å²) in [4.78, 5) is 0. The average molecular weight is 228 g/mol. The maximum absolute atomic E-state index is 5.64. The lowest BCUT2D eigenvalue weighted by Crippen LogP contribution is -2.26. The van der Waals surface area contributed by atoms with Gasteiger partial charge in [-0.2, -0.15) is 0 Å². The van der Waals surface area contributed by atoms with Crippen LogP contribution in [0.5, 0.6) is 0 Å². The predicted octanol–water partition coefficient (Wildman–Crippen LogP) is 4.35. The summed E-state index contributed by atoms with van der Waals surface area (Å²) in [5, 5.41) is 0. The molecule has 0 amide bonds. The fourth-order valence-electron chi connectivity index (χ4n) is 3.45. The Balaban J connectivity index is 2.06. The summed E-state index contributed by atoms with van der Waals surface area (Å²) in [7, 11) is 1.84. The minimum atomic E-state index is 0.308. The van der Waals surface area contributed by atoms with Gasteiger partial charge in [-0.1, -0.05) is 43.2 Å². The van der Waals surface area contributed by atoms with Crippen molar-refractivity contribution in [3.05, 3.63) is 41.0 Å². The third-order valence-electron chi connectivity index (χ3n) is 4.21. The first kappa shape index (κ1) is 11.0. The summed E-state index contributed by atoms with van der Waals surface area (Å²) in [5.41, 5.74) is 6.20. The van der Waals surface area contributed by atoms with E-state index in [0.29, 0.717) is 6.10 Å². The summed E-state index contributed by atoms with van der Waals surface area (Å²) in [5.74, 6) is 0.761. The van der Waals surface area contributed by atoms with Crippen molar-refractivity contribution in [2.24, 2.45) is 5.92 Å². The molecule has 90 valence electrons. The first-order valence-electron chi connectivity index (χ1n) is 6.69. The van der Waals surface area contributed by atoms with Gasteiger partial charge < -0.3 is 4.74 Å². The van der Waals surface area contributed by atoms with Gasteiger partial charge in [0.2, 0.25) is 0 Å². The molecule has 1 aromatic carbocycles. The third-order valence-corrected chi connectivity index (χ3v) is 4.21. The first-order chi connectivity index (χ1) is 8.35. The molecule has 0 saturated carbocycles. The van der Waals surface area contributed by atoms with Crippen LogP contribution in [0.15, 0.2) is 29.8 Å². The molecule has 2 atom stereocenters. The number of allylic oxidation sites excluding steroid dienone is 2. The molecule has 0 spiro atoms. The van der Waals surface area contributed by atoms with Gasteiger partial charge in [-0.3, -0.25) is 0 Å². The summed E-state index contributed by atoms with van der Waals surface area (Å²) in [6.45, 7) is 2.27. The van der Waals surface area contributed by atoms with Crippen LogP contribution in [-0.2, 0) is 4.74 Å². The van der Waals surface area contributed by atoms with Gasteiger partial charge >= 0.3 is 0 Å². The highest BCUT2D eigenvalue weighted by Crippen LogP contribution is 2.53. The minimum Gasteiger partial charge on any atom is -0.377 e. The zero-order valence-corrected chi connectivity index (χ0v) is 10.7. The van der Waals surface area contributed by atoms with E-state index in [1.54, 1.807) is 11.1 Å². The van der Waals surface area contributed by atoms with Crippen LogP contribution in [0.3, 0.4) is 0 Å². The molecule has 1 nitrogen and oxygen atoms in total.